The van der Waals surface area contributed by atoms with E-state index in [9.17, 15) is 13.4 Å². The molecule has 2 fully saturated rings. The molecule has 0 radical (unpaired) electrons. The van der Waals surface area contributed by atoms with Crippen molar-refractivity contribution in [3.8, 4) is 0 Å². The van der Waals surface area contributed by atoms with E-state index in [4.69, 9.17) is 0 Å². The number of hydrogen-bond acceptors (Lipinski definition) is 2. The Morgan fingerprint density at radius 3 is 2.41 bits per heavy atom. The molecule has 152 valence electrons. The molecule has 3 atom stereocenters. The van der Waals surface area contributed by atoms with E-state index in [1.54, 1.807) is 6.26 Å². The predicted molar refractivity (Wildman–Crippen MR) is 113 cm³/mol. The largest absolute Gasteiger partial charge is 0.333 e. The maximum absolute atomic E-state index is 13.4. The van der Waals surface area contributed by atoms with Crippen LogP contribution in [0.4, 0.5) is 10.1 Å². The van der Waals surface area contributed by atoms with Crippen LogP contribution in [-0.2, 0) is 17.4 Å². The fraction of sp³-hybridized carbons (Fsp3) is 0.435. The number of piperidine rings is 1. The van der Waals surface area contributed by atoms with Gasteiger partial charge in [-0.15, -0.1) is 0 Å². The second kappa shape index (κ2) is 7.24. The minimum atomic E-state index is -1.03. The lowest BCUT2D eigenvalue weighted by molar-refractivity contribution is 0.0571. The Kier molecular flexibility index (Phi) is 4.69. The Bertz CT molecular complexity index is 963. The molecule has 0 spiro atoms. The van der Waals surface area contributed by atoms with Gasteiger partial charge in [-0.1, -0.05) is 12.1 Å². The van der Waals surface area contributed by atoms with E-state index in [2.05, 4.69) is 4.90 Å². The van der Waals surface area contributed by atoms with Crippen molar-refractivity contribution >= 4 is 22.6 Å². The molecule has 3 heterocycles. The maximum atomic E-state index is 13.4. The Hall–Kier alpha value is -2.21. The van der Waals surface area contributed by atoms with Crippen molar-refractivity contribution in [2.75, 3.05) is 17.1 Å². The second-order valence-electron chi connectivity index (χ2n) is 8.44. The van der Waals surface area contributed by atoms with Crippen LogP contribution in [0.3, 0.4) is 0 Å². The van der Waals surface area contributed by atoms with Crippen LogP contribution in [0.15, 0.2) is 42.5 Å². The van der Waals surface area contributed by atoms with Gasteiger partial charge in [-0.3, -0.25) is 9.10 Å². The molecule has 2 aromatic rings. The van der Waals surface area contributed by atoms with E-state index >= 15 is 0 Å². The number of amides is 1. The van der Waals surface area contributed by atoms with Crippen LogP contribution in [0, 0.1) is 5.82 Å². The van der Waals surface area contributed by atoms with Gasteiger partial charge in [0.05, 0.1) is 5.69 Å². The highest BCUT2D eigenvalue weighted by Crippen LogP contribution is 2.44. The van der Waals surface area contributed by atoms with Gasteiger partial charge in [-0.25, -0.2) is 8.60 Å². The molecule has 0 N–H and O–H groups in total. The van der Waals surface area contributed by atoms with Crippen molar-refractivity contribution in [1.82, 2.24) is 4.90 Å². The Morgan fingerprint density at radius 2 is 1.76 bits per heavy atom. The third-order valence-electron chi connectivity index (χ3n) is 6.80. The molecule has 1 amide bonds. The average molecular weight is 413 g/mol. The van der Waals surface area contributed by atoms with Crippen molar-refractivity contribution in [2.24, 2.45) is 0 Å². The second-order valence-corrected chi connectivity index (χ2v) is 9.73. The highest BCUT2D eigenvalue weighted by atomic mass is 32.2. The first-order valence-corrected chi connectivity index (χ1v) is 11.8. The Labute approximate surface area is 173 Å². The Morgan fingerprint density at radius 1 is 1.07 bits per heavy atom. The lowest BCUT2D eigenvalue weighted by Crippen LogP contribution is -2.46. The molecule has 2 bridgehead atoms. The number of nitrogens with zero attached hydrogens (tertiary/aromatic N) is 2. The Balaban J connectivity index is 1.35. The zero-order valence-corrected chi connectivity index (χ0v) is 17.3. The van der Waals surface area contributed by atoms with Crippen molar-refractivity contribution in [2.45, 2.75) is 50.1 Å². The smallest absolute Gasteiger partial charge is 0.254 e. The summed E-state index contributed by atoms with van der Waals surface area (Å²) in [5.74, 6) is 0.311. The molecular formula is C23H25FN2O2S. The number of carbonyl (C=O) groups is 1. The van der Waals surface area contributed by atoms with Gasteiger partial charge < -0.3 is 4.90 Å². The summed E-state index contributed by atoms with van der Waals surface area (Å²) >= 11 is 0. The molecule has 5 rings (SSSR count). The van der Waals surface area contributed by atoms with Gasteiger partial charge in [0.2, 0.25) is 0 Å². The lowest BCUT2D eigenvalue weighted by Gasteiger charge is -2.39. The fourth-order valence-corrected chi connectivity index (χ4v) is 6.24. The van der Waals surface area contributed by atoms with E-state index in [1.165, 1.54) is 17.7 Å². The molecule has 0 aliphatic carbocycles. The topological polar surface area (TPSA) is 40.6 Å². The van der Waals surface area contributed by atoms with E-state index in [1.807, 2.05) is 34.6 Å². The molecular weight excluding hydrogens is 387 g/mol. The molecule has 3 unspecified atom stereocenters. The SMILES string of the molecule is CS(=O)N1CCc2cc(C(=O)N3C4CCC3CC(c3ccc(F)cc3)C4)ccc21. The average Bonchev–Trinajstić information content (AvgIpc) is 3.25. The normalized spacial score (nSPS) is 26.5. The summed E-state index contributed by atoms with van der Waals surface area (Å²) in [5, 5.41) is 0. The minimum absolute atomic E-state index is 0.119. The van der Waals surface area contributed by atoms with Crippen molar-refractivity contribution in [3.05, 3.63) is 65.0 Å². The van der Waals surface area contributed by atoms with Gasteiger partial charge in [-0.05, 0) is 79.5 Å². The molecule has 4 nitrogen and oxygen atoms in total. The third kappa shape index (κ3) is 3.27. The molecule has 3 aliphatic heterocycles. The molecule has 0 saturated carbocycles. The van der Waals surface area contributed by atoms with Gasteiger partial charge in [0, 0.05) is 30.4 Å². The third-order valence-corrected chi connectivity index (χ3v) is 7.80. The summed E-state index contributed by atoms with van der Waals surface area (Å²) < 4.78 is 27.0. The van der Waals surface area contributed by atoms with Crippen LogP contribution in [0.5, 0.6) is 0 Å². The van der Waals surface area contributed by atoms with Crippen LogP contribution < -0.4 is 4.31 Å². The predicted octanol–water partition coefficient (Wildman–Crippen LogP) is 4.03. The van der Waals surface area contributed by atoms with Crippen LogP contribution in [-0.4, -0.2) is 39.9 Å². The molecule has 2 aromatic carbocycles. The first-order valence-electron chi connectivity index (χ1n) is 10.3. The van der Waals surface area contributed by atoms with Crippen LogP contribution in [0.25, 0.3) is 0 Å². The number of hydrogen-bond donors (Lipinski definition) is 0. The number of benzene rings is 2. The number of anilines is 1. The zero-order valence-electron chi connectivity index (χ0n) is 16.5. The monoisotopic (exact) mass is 412 g/mol. The number of carbonyl (C=O) groups excluding carboxylic acids is 1. The summed E-state index contributed by atoms with van der Waals surface area (Å²) in [5.41, 5.74) is 4.02. The van der Waals surface area contributed by atoms with Crippen LogP contribution >= 0.6 is 0 Å². The standard InChI is InChI=1S/C23H25FN2O2S/c1-29(28)25-11-10-16-12-17(4-9-22(16)25)23(27)26-20-7-8-21(26)14-18(13-20)15-2-5-19(24)6-3-15/h2-6,9,12,18,20-21H,7-8,10-11,13-14H2,1H3. The van der Waals surface area contributed by atoms with E-state index in [0.717, 1.165) is 55.5 Å². The van der Waals surface area contributed by atoms with Gasteiger partial charge in [-0.2, -0.15) is 0 Å². The van der Waals surface area contributed by atoms with E-state index in [-0.39, 0.29) is 23.8 Å². The summed E-state index contributed by atoms with van der Waals surface area (Å²) in [4.78, 5) is 15.5. The van der Waals surface area contributed by atoms with Gasteiger partial charge in [0.1, 0.15) is 16.8 Å². The van der Waals surface area contributed by atoms with Crippen LogP contribution in [0.1, 0.15) is 53.1 Å². The number of rotatable bonds is 3. The van der Waals surface area contributed by atoms with E-state index < -0.39 is 11.0 Å². The first-order chi connectivity index (χ1) is 14.0. The molecule has 6 heteroatoms. The van der Waals surface area contributed by atoms with Crippen molar-refractivity contribution in [3.63, 3.8) is 0 Å². The summed E-state index contributed by atoms with van der Waals surface area (Å²) in [6.45, 7) is 0.740. The quantitative estimate of drug-likeness (QED) is 0.764. The van der Waals surface area contributed by atoms with E-state index in [0.29, 0.717) is 5.92 Å². The molecule has 29 heavy (non-hydrogen) atoms. The van der Waals surface area contributed by atoms with Crippen molar-refractivity contribution < 1.29 is 13.4 Å². The fourth-order valence-electron chi connectivity index (χ4n) is 5.44. The molecule has 3 aliphatic rings. The molecule has 2 saturated heterocycles. The van der Waals surface area contributed by atoms with Crippen molar-refractivity contribution in [1.29, 1.82) is 0 Å². The summed E-state index contributed by atoms with van der Waals surface area (Å²) in [7, 11) is -1.03. The maximum Gasteiger partial charge on any atom is 0.254 e. The highest BCUT2D eigenvalue weighted by Gasteiger charge is 2.43. The van der Waals surface area contributed by atoms with Crippen LogP contribution in [0.2, 0.25) is 0 Å². The first kappa shape index (κ1) is 18.8. The highest BCUT2D eigenvalue weighted by molar-refractivity contribution is 7.85. The minimum Gasteiger partial charge on any atom is -0.333 e. The zero-order chi connectivity index (χ0) is 20.1. The molecule has 0 aromatic heterocycles. The lowest BCUT2D eigenvalue weighted by atomic mass is 9.84. The van der Waals surface area contributed by atoms with Gasteiger partial charge in [0.15, 0.2) is 0 Å². The summed E-state index contributed by atoms with van der Waals surface area (Å²) in [6.07, 6.45) is 6.50. The van der Waals surface area contributed by atoms with Gasteiger partial charge >= 0.3 is 0 Å². The number of fused-ring (bicyclic) bond motifs is 3. The summed E-state index contributed by atoms with van der Waals surface area (Å²) in [6, 6.07) is 13.2. The number of halogens is 1. The van der Waals surface area contributed by atoms with Gasteiger partial charge in [0.25, 0.3) is 5.91 Å².